The lowest BCUT2D eigenvalue weighted by molar-refractivity contribution is -0.356. The van der Waals surface area contributed by atoms with Gasteiger partial charge in [-0.15, -0.1) is 0 Å². The summed E-state index contributed by atoms with van der Waals surface area (Å²) in [5, 5.41) is 70.8. The molecule has 20 heteroatoms. The molecule has 4 aliphatic heterocycles. The van der Waals surface area contributed by atoms with E-state index in [2.05, 4.69) is 6.92 Å². The number of benzene rings is 1. The number of aliphatic hydroxyl groups is 6. The van der Waals surface area contributed by atoms with Crippen molar-refractivity contribution in [2.24, 2.45) is 16.7 Å². The summed E-state index contributed by atoms with van der Waals surface area (Å²) in [5.41, 5.74) is -5.84. The lowest BCUT2D eigenvalue weighted by Gasteiger charge is -2.67. The molecule has 8 aliphatic rings. The van der Waals surface area contributed by atoms with E-state index in [0.717, 1.165) is 11.1 Å². The van der Waals surface area contributed by atoms with E-state index in [9.17, 15) is 35.4 Å². The highest BCUT2D eigenvalue weighted by Gasteiger charge is 2.81. The second-order valence-electron chi connectivity index (χ2n) is 23.9. The maximum atomic E-state index is 13.6. The number of esters is 1. The molecule has 78 heavy (non-hydrogen) atoms. The van der Waals surface area contributed by atoms with Crippen LogP contribution >= 0.6 is 0 Å². The van der Waals surface area contributed by atoms with Crippen LogP contribution in [0.1, 0.15) is 118 Å². The summed E-state index contributed by atoms with van der Waals surface area (Å²) in [7, 11) is 6.25. The van der Waals surface area contributed by atoms with Crippen molar-refractivity contribution in [3.05, 3.63) is 53.6 Å². The molecule has 4 heterocycles. The number of methoxy groups -OCH3 is 4. The van der Waals surface area contributed by atoms with Crippen LogP contribution in [0.5, 0.6) is 0 Å². The maximum Gasteiger partial charge on any atom is 0.331 e. The highest BCUT2D eigenvalue weighted by Crippen LogP contribution is 2.71. The zero-order valence-corrected chi connectivity index (χ0v) is 47.2. The number of hydrogen-bond donors (Lipinski definition) is 6. The van der Waals surface area contributed by atoms with E-state index >= 15 is 0 Å². The molecule has 4 saturated heterocycles. The third-order valence-corrected chi connectivity index (χ3v) is 19.8. The molecule has 26 atom stereocenters. The molecule has 0 amide bonds. The van der Waals surface area contributed by atoms with Gasteiger partial charge in [0.1, 0.15) is 59.5 Å². The second-order valence-corrected chi connectivity index (χ2v) is 23.9. The maximum absolute atomic E-state index is 13.6. The Hall–Kier alpha value is -2.55. The van der Waals surface area contributed by atoms with E-state index < -0.39 is 156 Å². The smallest absolute Gasteiger partial charge is 0.331 e. The second kappa shape index (κ2) is 23.6. The third-order valence-electron chi connectivity index (χ3n) is 19.8. The monoisotopic (exact) mass is 1100 g/mol. The van der Waals surface area contributed by atoms with Gasteiger partial charge in [0, 0.05) is 59.7 Å². The third kappa shape index (κ3) is 10.6. The van der Waals surface area contributed by atoms with Crippen molar-refractivity contribution < 1.29 is 97.0 Å². The van der Waals surface area contributed by atoms with Crippen LogP contribution in [0.2, 0.25) is 0 Å². The van der Waals surface area contributed by atoms with Crippen molar-refractivity contribution in [1.29, 1.82) is 0 Å². The number of carbonyl (C=O) groups is 1. The quantitative estimate of drug-likeness (QED) is 0.0777. The normalized spacial score (nSPS) is 49.1. The number of rotatable bonds is 16. The minimum Gasteiger partial charge on any atom is -0.458 e. The highest BCUT2D eigenvalue weighted by molar-refractivity contribution is 5.87. The molecule has 0 bridgehead atoms. The number of aliphatic hydroxyl groups excluding tert-OH is 3. The van der Waals surface area contributed by atoms with E-state index in [-0.39, 0.29) is 31.8 Å². The molecule has 3 saturated carbocycles. The summed E-state index contributed by atoms with van der Waals surface area (Å²) in [4.78, 5) is 13.6. The van der Waals surface area contributed by atoms with Crippen LogP contribution in [-0.2, 0) is 66.4 Å². The van der Waals surface area contributed by atoms with Gasteiger partial charge in [-0.05, 0) is 96.6 Å². The average Bonchev–Trinajstić information content (AvgIpc) is 2.75. The van der Waals surface area contributed by atoms with Gasteiger partial charge in [-0.3, -0.25) is 0 Å². The van der Waals surface area contributed by atoms with Crippen molar-refractivity contribution in [1.82, 2.24) is 0 Å². The number of ether oxygens (including phenoxy) is 13. The zero-order chi connectivity index (χ0) is 56.3. The van der Waals surface area contributed by atoms with Crippen molar-refractivity contribution in [3.8, 4) is 0 Å². The Morgan fingerprint density at radius 1 is 0.679 bits per heavy atom. The van der Waals surface area contributed by atoms with E-state index in [1.54, 1.807) is 41.3 Å². The summed E-state index contributed by atoms with van der Waals surface area (Å²) in [6, 6.07) is 9.34. The molecule has 1 aromatic carbocycles. The van der Waals surface area contributed by atoms with Crippen LogP contribution in [0, 0.1) is 16.7 Å². The van der Waals surface area contributed by atoms with Gasteiger partial charge in [-0.25, -0.2) is 4.79 Å². The lowest BCUT2D eigenvalue weighted by Crippen LogP contribution is -2.78. The Bertz CT molecular complexity index is 2250. The first-order chi connectivity index (χ1) is 37.0. The molecule has 0 spiro atoms. The minimum atomic E-state index is -1.92. The van der Waals surface area contributed by atoms with Crippen LogP contribution in [0.4, 0.5) is 0 Å². The average molecular weight is 1110 g/mol. The minimum absolute atomic E-state index is 0.00562. The number of fused-ring (bicyclic) bond motifs is 5. The fourth-order valence-electron chi connectivity index (χ4n) is 15.2. The molecular weight excluding hydrogens is 1020 g/mol. The van der Waals surface area contributed by atoms with Gasteiger partial charge >= 0.3 is 5.97 Å². The molecule has 9 rings (SSSR count). The van der Waals surface area contributed by atoms with E-state index in [0.29, 0.717) is 38.5 Å². The first kappa shape index (κ1) is 60.1. The van der Waals surface area contributed by atoms with Gasteiger partial charge < -0.3 is 92.2 Å². The molecule has 0 aromatic heterocycles. The standard InChI is InChI=1S/C58H88O20/c1-30-47(61)52(69-11)48(62)53(73-30)78-51-33(4)72-46(28-40(51)68-10)77-50-32(3)71-45(27-39(50)67-9)76-49-31(2)70-44(26-38(49)66-8)74-37-20-21-54(6)36(25-37)19-22-57(64)41(54)29-42(75-43(60)18-17-35-15-13-12-14-16-35)55(7)56(63,34(5)59)23-24-58(55,57)65/h12-19,30-34,37-42,44-53,59,61-65H,20-29H2,1-11H3/t30-,31-,32-,33-,34+,37+,38+,39+,40+,41-,42-,44+,45+,46+,47-,48-,49-,50-,51-,52+,53+,54+,55-,56-,57+,58-/m1/s1. The Morgan fingerprint density at radius 3 is 1.77 bits per heavy atom. The van der Waals surface area contributed by atoms with Crippen LogP contribution in [-0.4, -0.2) is 205 Å². The first-order valence-electron chi connectivity index (χ1n) is 28.2. The number of hydrogen-bond acceptors (Lipinski definition) is 20. The van der Waals surface area contributed by atoms with Crippen molar-refractivity contribution in [2.45, 2.75) is 252 Å². The summed E-state index contributed by atoms with van der Waals surface area (Å²) < 4.78 is 81.1. The first-order valence-corrected chi connectivity index (χ1v) is 28.2. The predicted molar refractivity (Wildman–Crippen MR) is 278 cm³/mol. The van der Waals surface area contributed by atoms with Crippen molar-refractivity contribution >= 4 is 12.0 Å². The van der Waals surface area contributed by atoms with Crippen LogP contribution in [0.15, 0.2) is 48.1 Å². The van der Waals surface area contributed by atoms with E-state index in [4.69, 9.17) is 61.6 Å². The van der Waals surface area contributed by atoms with Crippen LogP contribution in [0.25, 0.3) is 6.08 Å². The summed E-state index contributed by atoms with van der Waals surface area (Å²) in [6.07, 6.45) is -5.94. The van der Waals surface area contributed by atoms with Crippen LogP contribution in [0.3, 0.4) is 0 Å². The van der Waals surface area contributed by atoms with Gasteiger partial charge in [-0.1, -0.05) is 55.8 Å². The fraction of sp³-hybridized carbons (Fsp3) is 0.810. The Morgan fingerprint density at radius 2 is 1.23 bits per heavy atom. The summed E-state index contributed by atoms with van der Waals surface area (Å²) in [6.45, 7) is 12.6. The van der Waals surface area contributed by atoms with E-state index in [1.807, 2.05) is 57.2 Å². The lowest BCUT2D eigenvalue weighted by atomic mass is 9.42. The molecule has 1 aromatic rings. The molecule has 0 unspecified atom stereocenters. The highest BCUT2D eigenvalue weighted by atomic mass is 16.8. The zero-order valence-electron chi connectivity index (χ0n) is 47.2. The van der Waals surface area contributed by atoms with Gasteiger partial charge in [0.15, 0.2) is 25.2 Å². The van der Waals surface area contributed by atoms with Crippen molar-refractivity contribution in [3.63, 3.8) is 0 Å². The Labute approximate surface area is 458 Å². The molecular formula is C58H88O20. The molecule has 4 aliphatic carbocycles. The largest absolute Gasteiger partial charge is 0.458 e. The number of carbonyl (C=O) groups excluding carboxylic acids is 1. The molecule has 6 N–H and O–H groups in total. The Balaban J connectivity index is 0.809. The SMILES string of the molecule is CO[C@@H]1[C@@H](O)[C@H](O[C@H]2[C@@H](OC)C[C@H](O[C@H]3[C@@H](OC)C[C@H](O[C@H]4[C@@H](OC)C[C@H](O[C@H]5CC[C@@]6(C)C(=CC[C@]7(O)[C@@H]6C[C@@H](OC(=O)C=Cc6ccccc6)[C@@]6(C)[C@]7(O)CC[C@@]6(O)[C@H](C)O)C5)O[C@@H]4C)O[C@@H]3C)O[C@@H]2C)O[C@H](C)[C@H]1O. The molecule has 440 valence electrons. The fourth-order valence-corrected chi connectivity index (χ4v) is 15.2. The predicted octanol–water partition coefficient (Wildman–Crippen LogP) is 4.00. The molecule has 0 radical (unpaired) electrons. The topological polar surface area (TPSA) is 258 Å². The van der Waals surface area contributed by atoms with Crippen molar-refractivity contribution in [2.75, 3.05) is 28.4 Å². The van der Waals surface area contributed by atoms with E-state index in [1.165, 1.54) is 20.1 Å². The summed E-state index contributed by atoms with van der Waals surface area (Å²) in [5.74, 6) is -1.21. The van der Waals surface area contributed by atoms with Crippen LogP contribution < -0.4 is 0 Å². The molecule has 20 nitrogen and oxygen atoms in total. The van der Waals surface area contributed by atoms with Gasteiger partial charge in [0.05, 0.1) is 60.4 Å². The van der Waals surface area contributed by atoms with Gasteiger partial charge in [0.25, 0.3) is 0 Å². The Kier molecular flexibility index (Phi) is 18.2. The van der Waals surface area contributed by atoms with Gasteiger partial charge in [0.2, 0.25) is 0 Å². The molecule has 7 fully saturated rings. The summed E-state index contributed by atoms with van der Waals surface area (Å²) >= 11 is 0. The van der Waals surface area contributed by atoms with Gasteiger partial charge in [-0.2, -0.15) is 0 Å².